The second-order valence-corrected chi connectivity index (χ2v) is 6.77. The predicted octanol–water partition coefficient (Wildman–Crippen LogP) is 1.43. The summed E-state index contributed by atoms with van der Waals surface area (Å²) in [5.74, 6) is -0.672. The van der Waals surface area contributed by atoms with Crippen LogP contribution in [0.15, 0.2) is 24.3 Å². The summed E-state index contributed by atoms with van der Waals surface area (Å²) in [4.78, 5) is 35.9. The molecule has 0 bridgehead atoms. The number of methoxy groups -OCH3 is 1. The largest absolute Gasteiger partial charge is 0.467 e. The molecule has 6 heteroatoms. The molecule has 2 N–H and O–H groups in total. The van der Waals surface area contributed by atoms with Gasteiger partial charge in [-0.1, -0.05) is 24.3 Å². The second kappa shape index (κ2) is 7.68. The fraction of sp³-hybridized carbons (Fsp3) is 0.526. The van der Waals surface area contributed by atoms with E-state index in [0.29, 0.717) is 19.3 Å². The molecule has 1 aromatic rings. The average Bonchev–Trinajstić information content (AvgIpc) is 3.07. The number of carbonyl (C=O) groups excluding carboxylic acids is 3. The monoisotopic (exact) mass is 344 g/mol. The number of rotatable bonds is 5. The number of fused-ring (bicyclic) bond motifs is 1. The van der Waals surface area contributed by atoms with Gasteiger partial charge in [-0.05, 0) is 49.1 Å². The molecule has 1 aliphatic carbocycles. The number of aryl methyl sites for hydroxylation is 1. The Morgan fingerprint density at radius 3 is 2.80 bits per heavy atom. The molecule has 3 rings (SSSR count). The molecule has 1 fully saturated rings. The van der Waals surface area contributed by atoms with Gasteiger partial charge in [0.15, 0.2) is 0 Å². The van der Waals surface area contributed by atoms with Gasteiger partial charge in [0.05, 0.1) is 7.11 Å². The molecule has 0 aromatic heterocycles. The molecule has 1 aliphatic heterocycles. The van der Waals surface area contributed by atoms with Crippen LogP contribution in [0.1, 0.15) is 49.1 Å². The molecule has 6 nitrogen and oxygen atoms in total. The van der Waals surface area contributed by atoms with E-state index < -0.39 is 18.1 Å². The van der Waals surface area contributed by atoms with Crippen molar-refractivity contribution in [2.75, 3.05) is 7.11 Å². The third kappa shape index (κ3) is 4.00. The molecule has 2 aliphatic rings. The predicted molar refractivity (Wildman–Crippen MR) is 91.8 cm³/mol. The van der Waals surface area contributed by atoms with Gasteiger partial charge in [-0.15, -0.1) is 0 Å². The van der Waals surface area contributed by atoms with Crippen LogP contribution in [0.25, 0.3) is 0 Å². The van der Waals surface area contributed by atoms with Crippen LogP contribution in [0.3, 0.4) is 0 Å². The standard InChI is InChI=1S/C19H24N2O4/c1-25-19(24)16(21-18(23)15-9-10-17(22)20-15)11-13-7-4-6-12-5-2-3-8-14(12)13/h2-3,5,8,13,15-16H,4,6-7,9-11H2,1H3,(H,20,22)(H,21,23)/t13-,15-,16-/m1/s1. The van der Waals surface area contributed by atoms with Crippen LogP contribution in [-0.2, 0) is 25.5 Å². The Morgan fingerprint density at radius 2 is 2.08 bits per heavy atom. The highest BCUT2D eigenvalue weighted by molar-refractivity contribution is 5.93. The topological polar surface area (TPSA) is 84.5 Å². The molecule has 1 saturated heterocycles. The summed E-state index contributed by atoms with van der Waals surface area (Å²) in [6, 6.07) is 7.01. The molecular weight excluding hydrogens is 320 g/mol. The molecule has 134 valence electrons. The lowest BCUT2D eigenvalue weighted by molar-refractivity contribution is -0.145. The van der Waals surface area contributed by atoms with Crippen molar-refractivity contribution in [2.45, 2.75) is 56.5 Å². The van der Waals surface area contributed by atoms with Gasteiger partial charge in [0.25, 0.3) is 0 Å². The highest BCUT2D eigenvalue weighted by atomic mass is 16.5. The van der Waals surface area contributed by atoms with Gasteiger partial charge in [-0.2, -0.15) is 0 Å². The Balaban J connectivity index is 1.70. The van der Waals surface area contributed by atoms with Gasteiger partial charge in [0.1, 0.15) is 12.1 Å². The van der Waals surface area contributed by atoms with Crippen molar-refractivity contribution in [2.24, 2.45) is 0 Å². The third-order valence-electron chi connectivity index (χ3n) is 5.13. The third-order valence-corrected chi connectivity index (χ3v) is 5.13. The highest BCUT2D eigenvalue weighted by Crippen LogP contribution is 2.34. The highest BCUT2D eigenvalue weighted by Gasteiger charge is 2.33. The van der Waals surface area contributed by atoms with Crippen LogP contribution in [0.5, 0.6) is 0 Å². The first-order valence-corrected chi connectivity index (χ1v) is 8.84. The van der Waals surface area contributed by atoms with Crippen molar-refractivity contribution in [1.82, 2.24) is 10.6 Å². The molecular formula is C19H24N2O4. The van der Waals surface area contributed by atoms with E-state index in [-0.39, 0.29) is 17.7 Å². The molecule has 0 saturated carbocycles. The molecule has 1 aromatic carbocycles. The normalized spacial score (nSPS) is 23.3. The summed E-state index contributed by atoms with van der Waals surface area (Å²) >= 11 is 0. The minimum absolute atomic E-state index is 0.129. The van der Waals surface area contributed by atoms with Crippen LogP contribution < -0.4 is 10.6 Å². The Morgan fingerprint density at radius 1 is 1.28 bits per heavy atom. The molecule has 0 unspecified atom stereocenters. The van der Waals surface area contributed by atoms with Gasteiger partial charge in [0, 0.05) is 6.42 Å². The lowest BCUT2D eigenvalue weighted by Crippen LogP contribution is -2.49. The Bertz CT molecular complexity index is 673. The van der Waals surface area contributed by atoms with Crippen LogP contribution in [0.4, 0.5) is 0 Å². The van der Waals surface area contributed by atoms with Crippen LogP contribution in [0, 0.1) is 0 Å². The number of ether oxygens (including phenoxy) is 1. The van der Waals surface area contributed by atoms with Crippen LogP contribution in [-0.4, -0.2) is 37.0 Å². The van der Waals surface area contributed by atoms with E-state index in [1.54, 1.807) is 0 Å². The van der Waals surface area contributed by atoms with Gasteiger partial charge in [-0.25, -0.2) is 4.79 Å². The Kier molecular flexibility index (Phi) is 5.36. The zero-order chi connectivity index (χ0) is 17.8. The van der Waals surface area contributed by atoms with Crippen molar-refractivity contribution in [3.8, 4) is 0 Å². The maximum absolute atomic E-state index is 12.4. The molecule has 2 amide bonds. The first kappa shape index (κ1) is 17.5. The fourth-order valence-corrected chi connectivity index (χ4v) is 3.82. The maximum atomic E-state index is 12.4. The maximum Gasteiger partial charge on any atom is 0.328 e. The summed E-state index contributed by atoms with van der Waals surface area (Å²) in [7, 11) is 1.33. The SMILES string of the molecule is COC(=O)[C@@H](C[C@H]1CCCc2ccccc21)NC(=O)[C@H]1CCC(=O)N1. The summed E-state index contributed by atoms with van der Waals surface area (Å²) < 4.78 is 4.89. The van der Waals surface area contributed by atoms with Crippen molar-refractivity contribution in [1.29, 1.82) is 0 Å². The molecule has 0 radical (unpaired) electrons. The van der Waals surface area contributed by atoms with Crippen LogP contribution >= 0.6 is 0 Å². The smallest absolute Gasteiger partial charge is 0.328 e. The average molecular weight is 344 g/mol. The summed E-state index contributed by atoms with van der Waals surface area (Å²) in [6.07, 6.45) is 4.43. The number of benzene rings is 1. The number of amides is 2. The van der Waals surface area contributed by atoms with E-state index in [0.717, 1.165) is 19.3 Å². The molecule has 25 heavy (non-hydrogen) atoms. The van der Waals surface area contributed by atoms with E-state index in [4.69, 9.17) is 4.74 Å². The van der Waals surface area contributed by atoms with E-state index in [1.807, 2.05) is 12.1 Å². The van der Waals surface area contributed by atoms with E-state index in [2.05, 4.69) is 22.8 Å². The van der Waals surface area contributed by atoms with Crippen molar-refractivity contribution in [3.05, 3.63) is 35.4 Å². The number of esters is 1. The van der Waals surface area contributed by atoms with Crippen molar-refractivity contribution < 1.29 is 19.1 Å². The summed E-state index contributed by atoms with van der Waals surface area (Å²) in [5.41, 5.74) is 2.57. The number of hydrogen-bond acceptors (Lipinski definition) is 4. The Labute approximate surface area is 147 Å². The number of carbonyl (C=O) groups is 3. The summed E-state index contributed by atoms with van der Waals surface area (Å²) in [6.45, 7) is 0. The first-order chi connectivity index (χ1) is 12.1. The van der Waals surface area contributed by atoms with Crippen molar-refractivity contribution in [3.63, 3.8) is 0 Å². The lowest BCUT2D eigenvalue weighted by Gasteiger charge is -2.29. The van der Waals surface area contributed by atoms with Gasteiger partial charge < -0.3 is 15.4 Å². The minimum atomic E-state index is -0.703. The van der Waals surface area contributed by atoms with Crippen LogP contribution in [0.2, 0.25) is 0 Å². The molecule has 3 atom stereocenters. The van der Waals surface area contributed by atoms with E-state index >= 15 is 0 Å². The zero-order valence-electron chi connectivity index (χ0n) is 14.4. The lowest BCUT2D eigenvalue weighted by atomic mass is 9.79. The van der Waals surface area contributed by atoms with Gasteiger partial charge >= 0.3 is 5.97 Å². The molecule has 0 spiro atoms. The van der Waals surface area contributed by atoms with Gasteiger partial charge in [-0.3, -0.25) is 9.59 Å². The number of hydrogen-bond donors (Lipinski definition) is 2. The van der Waals surface area contributed by atoms with E-state index in [1.165, 1.54) is 18.2 Å². The molecule has 1 heterocycles. The van der Waals surface area contributed by atoms with Gasteiger partial charge in [0.2, 0.25) is 11.8 Å². The second-order valence-electron chi connectivity index (χ2n) is 6.77. The fourth-order valence-electron chi connectivity index (χ4n) is 3.82. The first-order valence-electron chi connectivity index (χ1n) is 8.84. The Hall–Kier alpha value is -2.37. The zero-order valence-corrected chi connectivity index (χ0v) is 14.4. The van der Waals surface area contributed by atoms with Crippen molar-refractivity contribution >= 4 is 17.8 Å². The number of nitrogens with one attached hydrogen (secondary N) is 2. The minimum Gasteiger partial charge on any atom is -0.467 e. The van der Waals surface area contributed by atoms with E-state index in [9.17, 15) is 14.4 Å². The quantitative estimate of drug-likeness (QED) is 0.792. The summed E-state index contributed by atoms with van der Waals surface area (Å²) in [5, 5.41) is 5.41.